The molecule has 0 aromatic carbocycles. The van der Waals surface area contributed by atoms with E-state index < -0.39 is 0 Å². The minimum absolute atomic E-state index is 0. The van der Waals surface area contributed by atoms with Crippen LogP contribution in [-0.4, -0.2) is 0 Å². The Morgan fingerprint density at radius 3 is 0.833 bits per heavy atom. The fraction of sp³-hybridized carbons (Fsp3) is 0. The van der Waals surface area contributed by atoms with Crippen molar-refractivity contribution in [2.75, 3.05) is 0 Å². The number of hydrogen-bond acceptors (Lipinski definition) is 2. The molecule has 0 aromatic heterocycles. The van der Waals surface area contributed by atoms with Gasteiger partial charge in [0.05, 0.1) is 0 Å². The van der Waals surface area contributed by atoms with E-state index in [0.717, 1.165) is 0 Å². The minimum Gasteiger partial charge on any atom is -0.193 e. The van der Waals surface area contributed by atoms with E-state index >= 15 is 0 Å². The smallest absolute Gasteiger partial charge is 0.114 e. The van der Waals surface area contributed by atoms with Crippen molar-refractivity contribution in [1.82, 2.24) is 0 Å². The Kier molecular flexibility index (Phi) is 88.2. The molecule has 0 aliphatic rings. The molecule has 0 saturated carbocycles. The van der Waals surface area contributed by atoms with E-state index in [1.165, 1.54) is 0 Å². The van der Waals surface area contributed by atoms with Gasteiger partial charge in [-0.05, 0) is 0 Å². The SMILES string of the molecule is N[PH2+]N.[Y].[Y].[Y]. The topological polar surface area (TPSA) is 52.0 Å². The molecule has 0 fully saturated rings. The van der Waals surface area contributed by atoms with Gasteiger partial charge in [-0.2, -0.15) is 11.0 Å². The molecule has 0 amide bonds. The Bertz CT molecular complexity index is 8.75. The summed E-state index contributed by atoms with van der Waals surface area (Å²) in [6.07, 6.45) is 0. The van der Waals surface area contributed by atoms with Crippen LogP contribution >= 0.6 is 8.88 Å². The maximum atomic E-state index is 4.71. The van der Waals surface area contributed by atoms with E-state index in [-0.39, 0.29) is 107 Å². The summed E-state index contributed by atoms with van der Waals surface area (Å²) in [5.74, 6) is 0. The molecule has 0 heterocycles. The van der Waals surface area contributed by atoms with E-state index in [1.54, 1.807) is 0 Å². The summed E-state index contributed by atoms with van der Waals surface area (Å²) in [5.41, 5.74) is 9.42. The van der Waals surface area contributed by atoms with Gasteiger partial charge in [0.1, 0.15) is 8.88 Å². The normalized spacial score (nSPS) is 3.00. The van der Waals surface area contributed by atoms with Crippen molar-refractivity contribution in [1.29, 1.82) is 0 Å². The van der Waals surface area contributed by atoms with Crippen LogP contribution in [0.3, 0.4) is 0 Å². The molecular formula is H6N2PY3+. The van der Waals surface area contributed by atoms with Crippen LogP contribution in [0.4, 0.5) is 0 Å². The Morgan fingerprint density at radius 2 is 0.833 bits per heavy atom. The first-order valence-electron chi connectivity index (χ1n) is 0.667. The van der Waals surface area contributed by atoms with Crippen molar-refractivity contribution in [3.05, 3.63) is 0 Å². The summed E-state index contributed by atoms with van der Waals surface area (Å²) >= 11 is 0. The van der Waals surface area contributed by atoms with Gasteiger partial charge in [0, 0.05) is 98.1 Å². The van der Waals surface area contributed by atoms with Crippen molar-refractivity contribution in [2.45, 2.75) is 0 Å². The first kappa shape index (κ1) is 22.6. The van der Waals surface area contributed by atoms with E-state index in [9.17, 15) is 0 Å². The van der Waals surface area contributed by atoms with Gasteiger partial charge in [-0.1, -0.05) is 0 Å². The predicted molar refractivity (Wildman–Crippen MR) is 18.1 cm³/mol. The summed E-state index contributed by atoms with van der Waals surface area (Å²) in [6.45, 7) is 0. The molecule has 6 heteroatoms. The maximum absolute atomic E-state index is 4.71. The zero-order valence-corrected chi connectivity index (χ0v) is 13.1. The van der Waals surface area contributed by atoms with Crippen molar-refractivity contribution < 1.29 is 98.1 Å². The summed E-state index contributed by atoms with van der Waals surface area (Å²) < 4.78 is 0. The Labute approximate surface area is 115 Å². The Morgan fingerprint density at radius 1 is 0.833 bits per heavy atom. The molecule has 0 aliphatic heterocycles. The maximum Gasteiger partial charge on any atom is 0.114 e. The molecule has 0 rings (SSSR count). The van der Waals surface area contributed by atoms with E-state index in [4.69, 9.17) is 11.0 Å². The Balaban J connectivity index is -0.00000000667. The molecule has 4 N–H and O–H groups in total. The molecule has 0 aromatic rings. The third kappa shape index (κ3) is 25.4. The molecule has 0 saturated heterocycles. The molecular weight excluding hydrogens is 326 g/mol. The molecule has 0 atom stereocenters. The second-order valence-electron chi connectivity index (χ2n) is 0.192. The number of nitrogens with two attached hydrogens (primary N) is 2. The largest absolute Gasteiger partial charge is 0.193 e. The third-order valence-electron chi connectivity index (χ3n) is 0. The Hall–Kier alpha value is 3.66. The summed E-state index contributed by atoms with van der Waals surface area (Å²) in [7, 11) is -0.250. The number of hydrogen-bond donors (Lipinski definition) is 2. The van der Waals surface area contributed by atoms with Gasteiger partial charge in [0.2, 0.25) is 0 Å². The zero-order chi connectivity index (χ0) is 2.71. The van der Waals surface area contributed by atoms with Gasteiger partial charge >= 0.3 is 0 Å². The minimum atomic E-state index is -0.250. The van der Waals surface area contributed by atoms with Crippen molar-refractivity contribution >= 4 is 8.88 Å². The average molecular weight is 332 g/mol. The molecule has 6 heavy (non-hydrogen) atoms. The van der Waals surface area contributed by atoms with Crippen LogP contribution in [0.25, 0.3) is 0 Å². The quantitative estimate of drug-likeness (QED) is 0.568. The van der Waals surface area contributed by atoms with Crippen LogP contribution in [0.15, 0.2) is 0 Å². The number of rotatable bonds is 0. The van der Waals surface area contributed by atoms with Crippen LogP contribution in [0.2, 0.25) is 0 Å². The average Bonchev–Trinajstić information content (AvgIpc) is 0.918. The van der Waals surface area contributed by atoms with Crippen LogP contribution in [0.5, 0.6) is 0 Å². The van der Waals surface area contributed by atoms with Crippen molar-refractivity contribution in [2.24, 2.45) is 11.0 Å². The summed E-state index contributed by atoms with van der Waals surface area (Å²) in [5, 5.41) is 0. The van der Waals surface area contributed by atoms with Crippen molar-refractivity contribution in [3.63, 3.8) is 0 Å². The van der Waals surface area contributed by atoms with E-state index in [1.807, 2.05) is 0 Å². The fourth-order valence-corrected chi connectivity index (χ4v) is 0. The second-order valence-corrected chi connectivity index (χ2v) is 0.577. The van der Waals surface area contributed by atoms with Crippen LogP contribution in [0.1, 0.15) is 0 Å². The first-order valence-corrected chi connectivity index (χ1v) is 2.00. The second kappa shape index (κ2) is 23.4. The van der Waals surface area contributed by atoms with Crippen LogP contribution < -0.4 is 11.0 Å². The van der Waals surface area contributed by atoms with Gasteiger partial charge in [-0.25, -0.2) is 0 Å². The van der Waals surface area contributed by atoms with Gasteiger partial charge in [-0.15, -0.1) is 0 Å². The first-order chi connectivity index (χ1) is 1.41. The third-order valence-corrected chi connectivity index (χ3v) is 0. The van der Waals surface area contributed by atoms with Gasteiger partial charge < -0.3 is 0 Å². The zero-order valence-electron chi connectivity index (χ0n) is 3.46. The molecule has 29 valence electrons. The molecule has 3 radical (unpaired) electrons. The molecule has 0 spiro atoms. The van der Waals surface area contributed by atoms with Gasteiger partial charge in [0.25, 0.3) is 0 Å². The van der Waals surface area contributed by atoms with E-state index in [0.29, 0.717) is 0 Å². The van der Waals surface area contributed by atoms with Crippen molar-refractivity contribution in [3.8, 4) is 0 Å². The predicted octanol–water partition coefficient (Wildman–Crippen LogP) is -0.863. The van der Waals surface area contributed by atoms with Crippen LogP contribution in [-0.2, 0) is 98.1 Å². The summed E-state index contributed by atoms with van der Waals surface area (Å²) in [6, 6.07) is 0. The molecule has 0 bridgehead atoms. The van der Waals surface area contributed by atoms with E-state index in [2.05, 4.69) is 0 Å². The molecule has 2 nitrogen and oxygen atoms in total. The summed E-state index contributed by atoms with van der Waals surface area (Å²) in [4.78, 5) is 0. The van der Waals surface area contributed by atoms with Gasteiger partial charge in [0.15, 0.2) is 0 Å². The molecule has 0 unspecified atom stereocenters. The van der Waals surface area contributed by atoms with Gasteiger partial charge in [-0.3, -0.25) is 0 Å². The monoisotopic (exact) mass is 332 g/mol. The van der Waals surface area contributed by atoms with Crippen LogP contribution in [0, 0.1) is 0 Å². The fourth-order valence-electron chi connectivity index (χ4n) is 0. The standard InChI is InChI=1S/H5N2P.3Y/c1-3-2;;;/h3H,1-2H2;;;/p+1. The molecule has 0 aliphatic carbocycles.